The highest BCUT2D eigenvalue weighted by molar-refractivity contribution is 5.94. The molecule has 1 unspecified atom stereocenters. The molecule has 9 atom stereocenters. The molecular weight excluding hydrogens is 412 g/mol. The van der Waals surface area contributed by atoms with Crippen LogP contribution >= 0.6 is 0 Å². The molecule has 1 heteroatoms. The second-order valence-corrected chi connectivity index (χ2v) is 16.1. The van der Waals surface area contributed by atoms with E-state index in [9.17, 15) is 4.79 Å². The zero-order chi connectivity index (χ0) is 25.5. The van der Waals surface area contributed by atoms with Gasteiger partial charge in [0.15, 0.2) is 5.78 Å². The number of hydrogen-bond acceptors (Lipinski definition) is 1. The Kier molecular flexibility index (Phi) is 6.39. The first-order valence-corrected chi connectivity index (χ1v) is 14.7. The van der Waals surface area contributed by atoms with E-state index in [0.29, 0.717) is 45.7 Å². The summed E-state index contributed by atoms with van der Waals surface area (Å²) in [5, 5.41) is 0. The van der Waals surface area contributed by atoms with Crippen molar-refractivity contribution in [3.05, 3.63) is 11.6 Å². The van der Waals surface area contributed by atoms with Crippen molar-refractivity contribution in [2.45, 2.75) is 128 Å². The molecule has 3 fully saturated rings. The fourth-order valence-corrected chi connectivity index (χ4v) is 10.2. The van der Waals surface area contributed by atoms with Crippen molar-refractivity contribution in [2.24, 2.45) is 62.6 Å². The second-order valence-electron chi connectivity index (χ2n) is 16.1. The van der Waals surface area contributed by atoms with E-state index in [1.54, 1.807) is 5.57 Å². The summed E-state index contributed by atoms with van der Waals surface area (Å²) in [4.78, 5) is 13.8. The molecule has 0 spiro atoms. The van der Waals surface area contributed by atoms with Crippen LogP contribution < -0.4 is 0 Å². The Bertz CT molecular complexity index is 841. The van der Waals surface area contributed by atoms with Gasteiger partial charge in [-0.2, -0.15) is 0 Å². The Morgan fingerprint density at radius 1 is 0.912 bits per heavy atom. The van der Waals surface area contributed by atoms with Crippen LogP contribution in [0.1, 0.15) is 128 Å². The largest absolute Gasteiger partial charge is 0.295 e. The summed E-state index contributed by atoms with van der Waals surface area (Å²) in [6, 6.07) is 0. The number of allylic oxidation sites excluding steroid dienone is 2. The molecule has 4 aliphatic carbocycles. The molecule has 0 radical (unpaired) electrons. The lowest BCUT2D eigenvalue weighted by Crippen LogP contribution is -2.59. The zero-order valence-corrected chi connectivity index (χ0v) is 24.6. The monoisotopic (exact) mass is 468 g/mol. The van der Waals surface area contributed by atoms with Crippen LogP contribution in [0.25, 0.3) is 0 Å². The van der Waals surface area contributed by atoms with Gasteiger partial charge >= 0.3 is 0 Å². The lowest BCUT2D eigenvalue weighted by Gasteiger charge is -2.64. The first-order chi connectivity index (χ1) is 15.5. The number of ketones is 1. The minimum atomic E-state index is 0.137. The predicted octanol–water partition coefficient (Wildman–Crippen LogP) is 9.51. The Labute approximate surface area is 212 Å². The van der Waals surface area contributed by atoms with E-state index >= 15 is 0 Å². The fraction of sp³-hybridized carbons (Fsp3) is 0.909. The highest BCUT2D eigenvalue weighted by Gasteiger charge is 2.67. The molecule has 0 aromatic rings. The van der Waals surface area contributed by atoms with Crippen molar-refractivity contribution >= 4 is 5.78 Å². The minimum absolute atomic E-state index is 0.137. The summed E-state index contributed by atoms with van der Waals surface area (Å²) in [6.45, 7) is 27.3. The first-order valence-electron chi connectivity index (χ1n) is 14.7. The molecule has 194 valence electrons. The second kappa shape index (κ2) is 8.21. The molecule has 34 heavy (non-hydrogen) atoms. The van der Waals surface area contributed by atoms with Gasteiger partial charge in [-0.05, 0) is 108 Å². The summed E-state index contributed by atoms with van der Waals surface area (Å²) < 4.78 is 0. The maximum absolute atomic E-state index is 13.8. The quantitative estimate of drug-likeness (QED) is 0.401. The van der Waals surface area contributed by atoms with E-state index in [2.05, 4.69) is 82.2 Å². The third-order valence-corrected chi connectivity index (χ3v) is 13.0. The van der Waals surface area contributed by atoms with Crippen molar-refractivity contribution < 1.29 is 4.79 Å². The summed E-state index contributed by atoms with van der Waals surface area (Å²) in [7, 11) is 0. The maximum Gasteiger partial charge on any atom is 0.159 e. The van der Waals surface area contributed by atoms with Gasteiger partial charge in [0.05, 0.1) is 0 Å². The van der Waals surface area contributed by atoms with E-state index < -0.39 is 0 Å². The third kappa shape index (κ3) is 3.72. The smallest absolute Gasteiger partial charge is 0.159 e. The van der Waals surface area contributed by atoms with Crippen LogP contribution in [0.4, 0.5) is 0 Å². The van der Waals surface area contributed by atoms with Gasteiger partial charge in [-0.3, -0.25) is 4.79 Å². The Hall–Kier alpha value is -0.590. The van der Waals surface area contributed by atoms with Gasteiger partial charge in [0, 0.05) is 5.92 Å². The molecule has 3 saturated carbocycles. The van der Waals surface area contributed by atoms with Crippen molar-refractivity contribution in [2.75, 3.05) is 0 Å². The van der Waals surface area contributed by atoms with E-state index in [0.717, 1.165) is 12.3 Å². The SMILES string of the molecule is C[C@@H]1[C@H](C)C[C@@H]2C(=O)C=C3C(CC[C@]4(C)[C@@H](C(C)(C)CCCC(C)(C)C)CC[C@@]34C)[C@@]2(C)[C@@H]1C. The Morgan fingerprint density at radius 2 is 1.56 bits per heavy atom. The zero-order valence-electron chi connectivity index (χ0n) is 24.6. The number of hydrogen-bond donors (Lipinski definition) is 0. The van der Waals surface area contributed by atoms with Crippen molar-refractivity contribution in [1.29, 1.82) is 0 Å². The van der Waals surface area contributed by atoms with Gasteiger partial charge in [-0.1, -0.05) is 88.2 Å². The minimum Gasteiger partial charge on any atom is -0.295 e. The molecule has 0 aromatic heterocycles. The van der Waals surface area contributed by atoms with Crippen molar-refractivity contribution in [1.82, 2.24) is 0 Å². The van der Waals surface area contributed by atoms with Gasteiger partial charge in [-0.15, -0.1) is 0 Å². The topological polar surface area (TPSA) is 17.1 Å². The van der Waals surface area contributed by atoms with Gasteiger partial charge < -0.3 is 0 Å². The fourth-order valence-electron chi connectivity index (χ4n) is 10.2. The van der Waals surface area contributed by atoms with Gasteiger partial charge in [0.25, 0.3) is 0 Å². The van der Waals surface area contributed by atoms with Crippen LogP contribution in [0, 0.1) is 62.6 Å². The highest BCUT2D eigenvalue weighted by Crippen LogP contribution is 2.74. The Balaban J connectivity index is 1.67. The van der Waals surface area contributed by atoms with E-state index in [1.165, 1.54) is 44.9 Å². The van der Waals surface area contributed by atoms with E-state index in [4.69, 9.17) is 0 Å². The lowest BCUT2D eigenvalue weighted by atomic mass is 9.40. The average molecular weight is 469 g/mol. The molecule has 0 aliphatic heterocycles. The van der Waals surface area contributed by atoms with Gasteiger partial charge in [-0.25, -0.2) is 0 Å². The van der Waals surface area contributed by atoms with Crippen LogP contribution in [-0.2, 0) is 4.79 Å². The third-order valence-electron chi connectivity index (χ3n) is 13.0. The van der Waals surface area contributed by atoms with Crippen molar-refractivity contribution in [3.8, 4) is 0 Å². The maximum atomic E-state index is 13.8. The summed E-state index contributed by atoms with van der Waals surface area (Å²) in [6.07, 6.45) is 12.5. The molecule has 4 aliphatic rings. The molecule has 1 nitrogen and oxygen atoms in total. The molecule has 0 N–H and O–H groups in total. The molecule has 0 heterocycles. The molecule has 0 aromatic carbocycles. The van der Waals surface area contributed by atoms with Gasteiger partial charge in [0.1, 0.15) is 0 Å². The van der Waals surface area contributed by atoms with Crippen molar-refractivity contribution in [3.63, 3.8) is 0 Å². The summed E-state index contributed by atoms with van der Waals surface area (Å²) in [5.41, 5.74) is 2.98. The average Bonchev–Trinajstić information content (AvgIpc) is 3.00. The van der Waals surface area contributed by atoms with Crippen LogP contribution in [0.3, 0.4) is 0 Å². The number of rotatable bonds is 4. The number of carbonyl (C=O) groups excluding carboxylic acids is 1. The number of fused-ring (bicyclic) bond motifs is 5. The first kappa shape index (κ1) is 26.5. The van der Waals surface area contributed by atoms with Crippen LogP contribution in [0.5, 0.6) is 0 Å². The molecule has 0 bridgehead atoms. The lowest BCUT2D eigenvalue weighted by molar-refractivity contribution is -0.142. The molecule has 4 rings (SSSR count). The normalized spacial score (nSPS) is 47.0. The molecule has 0 saturated heterocycles. The standard InChI is InChI=1S/C33H56O/c1-21-19-26-27(34)20-25-24(33(26,11)23(3)22(21)2)13-17-32(10)28(14-18-31(25,32)9)30(7,8)16-12-15-29(4,5)6/h20-24,26,28H,12-19H2,1-11H3/t21-,22-,23-,24?,26-,28-,31+,32-,33-/m1/s1. The van der Waals surface area contributed by atoms with Crippen LogP contribution in [0.2, 0.25) is 0 Å². The molecular formula is C33H56O. The van der Waals surface area contributed by atoms with E-state index in [1.807, 2.05) is 0 Å². The highest BCUT2D eigenvalue weighted by atomic mass is 16.1. The Morgan fingerprint density at radius 3 is 2.18 bits per heavy atom. The van der Waals surface area contributed by atoms with Gasteiger partial charge in [0.2, 0.25) is 0 Å². The summed E-state index contributed by atoms with van der Waals surface area (Å²) in [5.74, 6) is 4.02. The van der Waals surface area contributed by atoms with E-state index in [-0.39, 0.29) is 16.7 Å². The summed E-state index contributed by atoms with van der Waals surface area (Å²) >= 11 is 0. The predicted molar refractivity (Wildman–Crippen MR) is 146 cm³/mol. The van der Waals surface area contributed by atoms with Crippen LogP contribution in [-0.4, -0.2) is 5.78 Å². The molecule has 0 amide bonds. The number of carbonyl (C=O) groups is 1. The van der Waals surface area contributed by atoms with Crippen LogP contribution in [0.15, 0.2) is 11.6 Å².